The number of ether oxygens (including phenoxy) is 1. The Morgan fingerprint density at radius 1 is 1.64 bits per heavy atom. The minimum absolute atomic E-state index is 0.177. The molecule has 1 N–H and O–H groups in total. The topological polar surface area (TPSA) is 41.6 Å². The van der Waals surface area contributed by atoms with Gasteiger partial charge in [-0.2, -0.15) is 0 Å². The van der Waals surface area contributed by atoms with Crippen molar-refractivity contribution in [3.8, 4) is 0 Å². The number of carbonyl (C=O) groups excluding carboxylic acids is 1. The minimum atomic E-state index is 0.177. The van der Waals surface area contributed by atoms with Crippen LogP contribution in [0.2, 0.25) is 0 Å². The molecule has 0 aromatic rings. The first-order valence-corrected chi connectivity index (χ1v) is 5.28. The zero-order valence-corrected chi connectivity index (χ0v) is 9.08. The third-order valence-corrected chi connectivity index (χ3v) is 2.39. The van der Waals surface area contributed by atoms with Gasteiger partial charge in [0, 0.05) is 32.7 Å². The van der Waals surface area contributed by atoms with Gasteiger partial charge in [0.1, 0.15) is 0 Å². The summed E-state index contributed by atoms with van der Waals surface area (Å²) in [6.45, 7) is 5.13. The summed E-state index contributed by atoms with van der Waals surface area (Å²) in [5, 5.41) is 2.99. The van der Waals surface area contributed by atoms with Crippen molar-refractivity contribution in [3.63, 3.8) is 0 Å². The smallest absolute Gasteiger partial charge is 0.223 e. The van der Waals surface area contributed by atoms with Crippen molar-refractivity contribution in [1.29, 1.82) is 0 Å². The Labute approximate surface area is 85.6 Å². The fourth-order valence-corrected chi connectivity index (χ4v) is 1.61. The molecule has 1 amide bonds. The van der Waals surface area contributed by atoms with Crippen LogP contribution in [0.5, 0.6) is 0 Å². The number of nitrogens with zero attached hydrogens (tertiary/aromatic N) is 1. The van der Waals surface area contributed by atoms with E-state index < -0.39 is 0 Å². The molecule has 1 aliphatic rings. The predicted molar refractivity (Wildman–Crippen MR) is 55.2 cm³/mol. The third kappa shape index (κ3) is 3.64. The average Bonchev–Trinajstić information content (AvgIpc) is 2.39. The van der Waals surface area contributed by atoms with Crippen molar-refractivity contribution in [1.82, 2.24) is 10.2 Å². The Hall–Kier alpha value is -0.610. The monoisotopic (exact) mass is 200 g/mol. The van der Waals surface area contributed by atoms with Gasteiger partial charge >= 0.3 is 0 Å². The molecule has 1 aliphatic heterocycles. The number of hydrogen-bond donors (Lipinski definition) is 1. The van der Waals surface area contributed by atoms with Crippen molar-refractivity contribution in [2.45, 2.75) is 25.9 Å². The summed E-state index contributed by atoms with van der Waals surface area (Å²) in [7, 11) is 1.86. The van der Waals surface area contributed by atoms with Gasteiger partial charge in [0.15, 0.2) is 0 Å². The van der Waals surface area contributed by atoms with Crippen LogP contribution in [-0.2, 0) is 9.53 Å². The van der Waals surface area contributed by atoms with Gasteiger partial charge in [-0.05, 0) is 20.4 Å². The Balaban J connectivity index is 2.36. The number of carbonyl (C=O) groups is 1. The standard InChI is InChI=1S/C10H20N2O2/c1-9-8-12(6-3-7-14-9)10(13)4-5-11-2/h9,11H,3-8H2,1-2H3. The summed E-state index contributed by atoms with van der Waals surface area (Å²) in [6.07, 6.45) is 1.72. The molecule has 4 heteroatoms. The van der Waals surface area contributed by atoms with Crippen LogP contribution < -0.4 is 5.32 Å². The first-order chi connectivity index (χ1) is 6.74. The lowest BCUT2D eigenvalue weighted by atomic mass is 10.3. The highest BCUT2D eigenvalue weighted by Crippen LogP contribution is 2.06. The van der Waals surface area contributed by atoms with E-state index in [1.807, 2.05) is 18.9 Å². The molecule has 0 aliphatic carbocycles. The Bertz CT molecular complexity index is 185. The summed E-state index contributed by atoms with van der Waals surface area (Å²) < 4.78 is 5.48. The lowest BCUT2D eigenvalue weighted by molar-refractivity contribution is -0.131. The molecule has 1 saturated heterocycles. The second-order valence-electron chi connectivity index (χ2n) is 3.73. The lowest BCUT2D eigenvalue weighted by Crippen LogP contribution is -2.37. The van der Waals surface area contributed by atoms with Gasteiger partial charge in [0.2, 0.25) is 5.91 Å². The summed E-state index contributed by atoms with van der Waals surface area (Å²) in [4.78, 5) is 13.6. The second kappa shape index (κ2) is 5.98. The molecule has 0 radical (unpaired) electrons. The lowest BCUT2D eigenvalue weighted by Gasteiger charge is -2.22. The van der Waals surface area contributed by atoms with Crippen LogP contribution in [0.3, 0.4) is 0 Å². The van der Waals surface area contributed by atoms with Crippen LogP contribution in [0.25, 0.3) is 0 Å². The normalized spacial score (nSPS) is 23.3. The number of rotatable bonds is 3. The number of nitrogens with one attached hydrogen (secondary N) is 1. The van der Waals surface area contributed by atoms with Gasteiger partial charge in [-0.25, -0.2) is 0 Å². The van der Waals surface area contributed by atoms with E-state index in [2.05, 4.69) is 5.32 Å². The van der Waals surface area contributed by atoms with Gasteiger partial charge in [-0.15, -0.1) is 0 Å². The summed E-state index contributed by atoms with van der Waals surface area (Å²) >= 11 is 0. The van der Waals surface area contributed by atoms with Crippen molar-refractivity contribution in [2.75, 3.05) is 33.3 Å². The van der Waals surface area contributed by atoms with Crippen molar-refractivity contribution in [3.05, 3.63) is 0 Å². The number of hydrogen-bond acceptors (Lipinski definition) is 3. The van der Waals surface area contributed by atoms with E-state index in [4.69, 9.17) is 4.74 Å². The molecule has 0 aromatic heterocycles. The molecule has 82 valence electrons. The zero-order chi connectivity index (χ0) is 10.4. The van der Waals surface area contributed by atoms with Gasteiger partial charge in [-0.1, -0.05) is 0 Å². The van der Waals surface area contributed by atoms with Gasteiger partial charge in [0.05, 0.1) is 6.10 Å². The predicted octanol–water partition coefficient (Wildman–Crippen LogP) is 0.233. The fourth-order valence-electron chi connectivity index (χ4n) is 1.61. The molecule has 1 atom stereocenters. The van der Waals surface area contributed by atoms with E-state index in [-0.39, 0.29) is 12.0 Å². The van der Waals surface area contributed by atoms with Crippen LogP contribution in [0.1, 0.15) is 19.8 Å². The maximum atomic E-state index is 11.7. The summed E-state index contributed by atoms with van der Waals surface area (Å²) in [6, 6.07) is 0. The Morgan fingerprint density at radius 2 is 2.43 bits per heavy atom. The fraction of sp³-hybridized carbons (Fsp3) is 0.900. The van der Waals surface area contributed by atoms with Crippen LogP contribution in [-0.4, -0.2) is 50.2 Å². The SMILES string of the molecule is CNCCC(=O)N1CCCOC(C)C1. The molecule has 0 aromatic carbocycles. The van der Waals surface area contributed by atoms with E-state index in [1.165, 1.54) is 0 Å². The molecule has 4 nitrogen and oxygen atoms in total. The average molecular weight is 200 g/mol. The van der Waals surface area contributed by atoms with E-state index in [0.29, 0.717) is 6.42 Å². The summed E-state index contributed by atoms with van der Waals surface area (Å²) in [5.74, 6) is 0.233. The largest absolute Gasteiger partial charge is 0.377 e. The highest BCUT2D eigenvalue weighted by molar-refractivity contribution is 5.76. The maximum Gasteiger partial charge on any atom is 0.223 e. The molecule has 1 heterocycles. The van der Waals surface area contributed by atoms with Crippen LogP contribution in [0.15, 0.2) is 0 Å². The van der Waals surface area contributed by atoms with Crippen molar-refractivity contribution < 1.29 is 9.53 Å². The highest BCUT2D eigenvalue weighted by atomic mass is 16.5. The van der Waals surface area contributed by atoms with Crippen molar-refractivity contribution >= 4 is 5.91 Å². The first kappa shape index (κ1) is 11.5. The second-order valence-corrected chi connectivity index (χ2v) is 3.73. The highest BCUT2D eigenvalue weighted by Gasteiger charge is 2.18. The zero-order valence-electron chi connectivity index (χ0n) is 9.08. The molecule has 0 bridgehead atoms. The molecule has 1 rings (SSSR count). The van der Waals surface area contributed by atoms with Crippen LogP contribution in [0, 0.1) is 0 Å². The minimum Gasteiger partial charge on any atom is -0.377 e. The van der Waals surface area contributed by atoms with E-state index in [9.17, 15) is 4.79 Å². The molecule has 14 heavy (non-hydrogen) atoms. The van der Waals surface area contributed by atoms with E-state index in [1.54, 1.807) is 0 Å². The number of amides is 1. The Morgan fingerprint density at radius 3 is 3.14 bits per heavy atom. The van der Waals surface area contributed by atoms with Crippen LogP contribution >= 0.6 is 0 Å². The van der Waals surface area contributed by atoms with Gasteiger partial charge < -0.3 is 15.0 Å². The van der Waals surface area contributed by atoms with Gasteiger partial charge in [-0.3, -0.25) is 4.79 Å². The molecule has 0 saturated carbocycles. The van der Waals surface area contributed by atoms with E-state index in [0.717, 1.165) is 32.7 Å². The first-order valence-electron chi connectivity index (χ1n) is 5.28. The maximum absolute atomic E-state index is 11.7. The van der Waals surface area contributed by atoms with Gasteiger partial charge in [0.25, 0.3) is 0 Å². The molecule has 0 spiro atoms. The molecule has 1 fully saturated rings. The molecular weight excluding hydrogens is 180 g/mol. The van der Waals surface area contributed by atoms with Crippen molar-refractivity contribution in [2.24, 2.45) is 0 Å². The van der Waals surface area contributed by atoms with E-state index >= 15 is 0 Å². The quantitative estimate of drug-likeness (QED) is 0.709. The molecule has 1 unspecified atom stereocenters. The van der Waals surface area contributed by atoms with Crippen LogP contribution in [0.4, 0.5) is 0 Å². The third-order valence-electron chi connectivity index (χ3n) is 2.39. The summed E-state index contributed by atoms with van der Waals surface area (Å²) in [5.41, 5.74) is 0. The Kier molecular flexibility index (Phi) is 4.90. The molecular formula is C10H20N2O2.